The summed E-state index contributed by atoms with van der Waals surface area (Å²) in [6.07, 6.45) is 19.4. The Hall–Kier alpha value is -10.9. The Morgan fingerprint density at radius 2 is 1.17 bits per heavy atom. The third-order valence-electron chi connectivity index (χ3n) is 19.3. The average Bonchev–Trinajstić information content (AvgIpc) is 1.74. The van der Waals surface area contributed by atoms with Gasteiger partial charge < -0.3 is 77.5 Å². The van der Waals surface area contributed by atoms with Gasteiger partial charge in [0.25, 0.3) is 0 Å². The minimum Gasteiger partial charge on any atom is -0.497 e. The molecule has 4 fully saturated rings. The number of methoxy groups -OCH3 is 2. The molecule has 28 heteroatoms. The molecule has 13 rings (SSSR count). The summed E-state index contributed by atoms with van der Waals surface area (Å²) in [6, 6.07) is 43.9. The molecule has 9 aromatic rings. The first kappa shape index (κ1) is 89.0. The number of rotatable bonds is 18. The Kier molecular flexibility index (Phi) is 36.8. The van der Waals surface area contributed by atoms with Crippen molar-refractivity contribution in [2.24, 2.45) is 22.8 Å². The smallest absolute Gasteiger partial charge is 0.414 e. The molecule has 2 aliphatic carbocycles. The van der Waals surface area contributed by atoms with Gasteiger partial charge >= 0.3 is 6.09 Å². The molecule has 600 valence electrons. The molecule has 4 amide bonds. The van der Waals surface area contributed by atoms with E-state index in [0.29, 0.717) is 35.1 Å². The second kappa shape index (κ2) is 45.9. The molecule has 0 bridgehead atoms. The van der Waals surface area contributed by atoms with Crippen LogP contribution >= 0.6 is 0 Å². The van der Waals surface area contributed by atoms with E-state index in [4.69, 9.17) is 30.1 Å². The van der Waals surface area contributed by atoms with Crippen molar-refractivity contribution < 1.29 is 46.2 Å². The number of piperidine rings is 1. The van der Waals surface area contributed by atoms with Crippen LogP contribution in [0.25, 0.3) is 22.2 Å². The maximum absolute atomic E-state index is 12.1. The number of ether oxygens (including phenoxy) is 3. The molecule has 111 heavy (non-hydrogen) atoms. The number of anilines is 8. The number of sulfonamides is 1. The number of hydrogen-bond donors (Lipinski definition) is 12. The lowest BCUT2D eigenvalue weighted by atomic mass is 9.71. The van der Waals surface area contributed by atoms with Gasteiger partial charge in [-0.05, 0) is 206 Å². The lowest BCUT2D eigenvalue weighted by Crippen LogP contribution is -2.41. The van der Waals surface area contributed by atoms with E-state index in [2.05, 4.69) is 101 Å². The number of nitrogens with two attached hydrogens (primary N) is 2. The fourth-order valence-electron chi connectivity index (χ4n) is 12.7. The van der Waals surface area contributed by atoms with Gasteiger partial charge in [-0.15, -0.1) is 0 Å². The number of fused-ring (bicyclic) bond motifs is 1. The molecule has 14 N–H and O–H groups in total. The summed E-state index contributed by atoms with van der Waals surface area (Å²) in [7, 11) is 15.0. The van der Waals surface area contributed by atoms with Gasteiger partial charge in [-0.3, -0.25) is 24.4 Å². The van der Waals surface area contributed by atoms with E-state index in [1.54, 1.807) is 81.0 Å². The molecule has 6 aromatic carbocycles. The topological polar surface area (TPSA) is 364 Å². The van der Waals surface area contributed by atoms with Crippen LogP contribution in [0.4, 0.5) is 50.4 Å². The van der Waals surface area contributed by atoms with Gasteiger partial charge in [-0.2, -0.15) is 5.10 Å². The Morgan fingerprint density at radius 1 is 0.586 bits per heavy atom. The maximum atomic E-state index is 12.1. The Labute approximate surface area is 655 Å². The number of nitrogens with one attached hydrogen (secondary N) is 10. The highest BCUT2D eigenvalue weighted by Gasteiger charge is 2.30. The Balaban J connectivity index is 0.000000199. The summed E-state index contributed by atoms with van der Waals surface area (Å²) in [4.78, 5) is 57.0. The molecular weight excluding hydrogens is 1430 g/mol. The zero-order valence-electron chi connectivity index (χ0n) is 66.9. The summed E-state index contributed by atoms with van der Waals surface area (Å²) in [5.41, 5.74) is 21.0. The summed E-state index contributed by atoms with van der Waals surface area (Å²) < 4.78 is 47.6. The fraction of sp³-hybridized carbons (Fsp3) is 0.410. The Morgan fingerprint density at radius 3 is 1.72 bits per heavy atom. The van der Waals surface area contributed by atoms with Crippen LogP contribution < -0.4 is 78.0 Å². The first-order chi connectivity index (χ1) is 53.3. The van der Waals surface area contributed by atoms with Crippen molar-refractivity contribution in [1.82, 2.24) is 35.5 Å². The van der Waals surface area contributed by atoms with Crippen molar-refractivity contribution >= 4 is 90.4 Å². The van der Waals surface area contributed by atoms with Crippen molar-refractivity contribution in [3.8, 4) is 22.8 Å². The van der Waals surface area contributed by atoms with Crippen LogP contribution in [0, 0.1) is 18.3 Å². The number of hydrogen-bond acceptors (Lipinski definition) is 21. The molecule has 27 nitrogen and oxygen atoms in total. The average molecular weight is 1550 g/mol. The number of primary amides is 2. The van der Waals surface area contributed by atoms with Crippen molar-refractivity contribution in [2.75, 3.05) is 132 Å². The molecule has 5 heterocycles. The van der Waals surface area contributed by atoms with Gasteiger partial charge in [-0.25, -0.2) is 27.9 Å². The number of oxazole rings is 1. The SMILES string of the molecule is CNC1CCC(C(C)(C)C)CC1.CNC1CCC(NS(=O)(=O)c2ccccc2)CC1.CNc1cc(C(N)=O)cc(C(N)=O)c1.CNc1cc(OC)ccn1.CNc1ccc(N2CCCCC2=O)c(OC)c1.CNc1ccc(N2CCCOC2=O)c(C)c1.CNc1ccc2[nH]ncc2c1.CNc1cccc(-c2cnco2)c1. The van der Waals surface area contributed by atoms with Crippen molar-refractivity contribution in [3.05, 3.63) is 181 Å². The predicted octanol–water partition coefficient (Wildman–Crippen LogP) is 14.0. The van der Waals surface area contributed by atoms with E-state index in [1.165, 1.54) is 38.1 Å². The van der Waals surface area contributed by atoms with Crippen LogP contribution in [0.1, 0.15) is 124 Å². The highest BCUT2D eigenvalue weighted by atomic mass is 32.2. The number of H-pyrrole nitrogens is 1. The first-order valence-corrected chi connectivity index (χ1v) is 39.0. The quantitative estimate of drug-likeness (QED) is 0.0380. The van der Waals surface area contributed by atoms with Crippen molar-refractivity contribution in [3.63, 3.8) is 0 Å². The maximum Gasteiger partial charge on any atom is 0.414 e. The number of cyclic esters (lactones) is 1. The van der Waals surface area contributed by atoms with Gasteiger partial charge in [0.1, 0.15) is 17.3 Å². The van der Waals surface area contributed by atoms with Gasteiger partial charge in [0.2, 0.25) is 27.7 Å². The predicted molar refractivity (Wildman–Crippen MR) is 449 cm³/mol. The molecule has 3 aromatic heterocycles. The molecule has 0 radical (unpaired) electrons. The molecule has 2 saturated carbocycles. The number of aryl methyl sites for hydroxylation is 1. The number of carbonyl (C=O) groups is 4. The zero-order chi connectivity index (χ0) is 80.9. The van der Waals surface area contributed by atoms with E-state index in [0.717, 1.165) is 149 Å². The number of aromatic nitrogens is 4. The number of nitrogens with zero attached hydrogens (tertiary/aromatic N) is 5. The van der Waals surface area contributed by atoms with Gasteiger partial charge in [0.15, 0.2) is 12.2 Å². The third kappa shape index (κ3) is 28.8. The van der Waals surface area contributed by atoms with Crippen molar-refractivity contribution in [1.29, 1.82) is 0 Å². The number of amides is 4. The van der Waals surface area contributed by atoms with Crippen LogP contribution in [0.5, 0.6) is 11.5 Å². The molecule has 0 spiro atoms. The molecule has 2 saturated heterocycles. The van der Waals surface area contributed by atoms with Crippen molar-refractivity contribution in [2.45, 2.75) is 128 Å². The molecular formula is C83H117N17O10S. The van der Waals surface area contributed by atoms with Crippen LogP contribution in [-0.2, 0) is 19.6 Å². The summed E-state index contributed by atoms with van der Waals surface area (Å²) >= 11 is 0. The lowest BCUT2D eigenvalue weighted by molar-refractivity contribution is -0.119. The molecule has 4 aliphatic rings. The zero-order valence-corrected chi connectivity index (χ0v) is 67.7. The van der Waals surface area contributed by atoms with E-state index in [-0.39, 0.29) is 29.2 Å². The molecule has 0 atom stereocenters. The minimum atomic E-state index is -3.35. The molecule has 2 aliphatic heterocycles. The summed E-state index contributed by atoms with van der Waals surface area (Å²) in [6.45, 7) is 11.2. The number of carbonyl (C=O) groups excluding carboxylic acids is 4. The summed E-state index contributed by atoms with van der Waals surface area (Å²) in [5.74, 6) is 3.12. The molecule has 0 unspecified atom stereocenters. The standard InChI is InChI=1S/C13H20N2O2S.C13H18N2O2.C12H16N2O2.C11H23N.C10H10N2O.C9H11N3O2.C8H9N3.C7H10N2O/c1-14-11-7-9-12(10-8-11)15-18(16,17)13-5-3-2-4-6-13;1-14-10-6-7-11(12(9-10)17-2)15-8-4-3-5-13(15)16;1-9-8-10(13-2)4-5-11(9)14-6-3-7-16-12(14)15;1-11(2,3)9-5-7-10(12-4)8-6-9;1-11-9-4-2-3-8(5-9)10-6-12-7-13-10;1-12-7-3-5(8(10)13)2-6(4-7)9(11)14;1-9-7-2-3-8-6(4-7)5-10-11-8;1-8-7-5-6(10-2)3-4-9-7/h2-6,11-12,14-15H,7-10H2,1H3;6-7,9,14H,3-5,8H2,1-2H3;4-5,8,13H,3,6-7H2,1-2H3;9-10,12H,5-8H2,1-4H3;2-7,11H,1H3;2-4,12H,1H3,(H2,10,13)(H2,11,14);2-5,9H,1H3,(H,10,11);3-5H,1-2H3,(H,8,9). The monoisotopic (exact) mass is 1540 g/mol. The normalized spacial score (nSPS) is 16.4. The minimum absolute atomic E-state index is 0.0693. The largest absolute Gasteiger partial charge is 0.497 e. The van der Waals surface area contributed by atoms with Crippen LogP contribution in [0.2, 0.25) is 0 Å². The highest BCUT2D eigenvalue weighted by molar-refractivity contribution is 7.89. The van der Waals surface area contributed by atoms with Gasteiger partial charge in [0.05, 0.1) is 55.0 Å². The fourth-order valence-corrected chi connectivity index (χ4v) is 14.0. The first-order valence-electron chi connectivity index (χ1n) is 37.5. The second-order valence-electron chi connectivity index (χ2n) is 27.7. The van der Waals surface area contributed by atoms with E-state index >= 15 is 0 Å². The number of benzene rings is 6. The van der Waals surface area contributed by atoms with E-state index in [9.17, 15) is 27.6 Å². The summed E-state index contributed by atoms with van der Waals surface area (Å²) in [5, 5.41) is 32.6. The number of aromatic amines is 1. The number of pyridine rings is 1. The Bertz CT molecular complexity index is 4360. The van der Waals surface area contributed by atoms with Crippen LogP contribution in [-0.4, -0.2) is 161 Å². The lowest BCUT2D eigenvalue weighted by Gasteiger charge is -2.36. The van der Waals surface area contributed by atoms with Gasteiger partial charge in [0, 0.05) is 149 Å². The van der Waals surface area contributed by atoms with Gasteiger partial charge in [-0.1, -0.05) is 51.1 Å². The van der Waals surface area contributed by atoms with E-state index in [1.807, 2.05) is 145 Å². The van der Waals surface area contributed by atoms with E-state index < -0.39 is 21.8 Å². The van der Waals surface area contributed by atoms with Crippen LogP contribution in [0.15, 0.2) is 174 Å². The third-order valence-corrected chi connectivity index (χ3v) is 20.8. The second-order valence-corrected chi connectivity index (χ2v) is 29.4. The van der Waals surface area contributed by atoms with Crippen LogP contribution in [0.3, 0.4) is 0 Å². The highest BCUT2D eigenvalue weighted by Crippen LogP contribution is 2.38.